The SMILES string of the molecule is O=C(c1ccc(F)cc1)N(CC1CCCC(NC(=O)C(Cl)(Cl)Cl)C1)c1cccc(OCCN2CCOCC2)c1. The monoisotopic (exact) mass is 599 g/mol. The molecule has 2 aliphatic rings. The first-order valence-electron chi connectivity index (χ1n) is 13.2. The number of anilines is 1. The van der Waals surface area contributed by atoms with Crippen LogP contribution in [0.15, 0.2) is 48.5 Å². The standard InChI is InChI=1S/C28H33Cl3FN3O4/c29-28(30,31)27(37)33-23-4-1-3-20(17-23)19-35(26(36)21-7-9-22(32)10-8-21)24-5-2-6-25(18-24)39-16-13-34-11-14-38-15-12-34/h2,5-10,18,20,23H,1,3-4,11-17,19H2,(H,33,37). The molecule has 1 aliphatic carbocycles. The van der Waals surface area contributed by atoms with E-state index in [0.717, 1.165) is 52.1 Å². The second kappa shape index (κ2) is 14.0. The zero-order valence-electron chi connectivity index (χ0n) is 21.6. The summed E-state index contributed by atoms with van der Waals surface area (Å²) in [5.74, 6) is -0.551. The third-order valence-corrected chi connectivity index (χ3v) is 7.58. The van der Waals surface area contributed by atoms with E-state index in [2.05, 4.69) is 10.2 Å². The highest BCUT2D eigenvalue weighted by Gasteiger charge is 2.34. The van der Waals surface area contributed by atoms with Gasteiger partial charge in [0.2, 0.25) is 0 Å². The number of morpholine rings is 1. The summed E-state index contributed by atoms with van der Waals surface area (Å²) < 4.78 is 23.0. The highest BCUT2D eigenvalue weighted by Crippen LogP contribution is 2.31. The molecule has 0 spiro atoms. The molecule has 1 aliphatic heterocycles. The molecule has 4 rings (SSSR count). The van der Waals surface area contributed by atoms with Crippen LogP contribution in [0.5, 0.6) is 5.75 Å². The van der Waals surface area contributed by atoms with Gasteiger partial charge in [-0.05, 0) is 61.6 Å². The predicted molar refractivity (Wildman–Crippen MR) is 151 cm³/mol. The van der Waals surface area contributed by atoms with Crippen LogP contribution < -0.4 is 15.0 Å². The quantitative estimate of drug-likeness (QED) is 0.399. The topological polar surface area (TPSA) is 71.1 Å². The van der Waals surface area contributed by atoms with Crippen LogP contribution in [0.4, 0.5) is 10.1 Å². The molecule has 2 unspecified atom stereocenters. The Balaban J connectivity index is 1.48. The van der Waals surface area contributed by atoms with Crippen LogP contribution in [-0.2, 0) is 9.53 Å². The van der Waals surface area contributed by atoms with Crippen molar-refractivity contribution in [2.45, 2.75) is 35.5 Å². The Morgan fingerprint density at radius 1 is 1.10 bits per heavy atom. The Morgan fingerprint density at radius 3 is 2.56 bits per heavy atom. The fourth-order valence-electron chi connectivity index (χ4n) is 5.03. The maximum absolute atomic E-state index is 13.7. The first-order valence-corrected chi connectivity index (χ1v) is 14.3. The average molecular weight is 601 g/mol. The van der Waals surface area contributed by atoms with Crippen molar-refractivity contribution in [3.8, 4) is 5.75 Å². The molecule has 1 saturated heterocycles. The van der Waals surface area contributed by atoms with E-state index in [1.54, 1.807) is 4.90 Å². The highest BCUT2D eigenvalue weighted by atomic mass is 35.6. The number of ether oxygens (including phenoxy) is 2. The molecule has 2 atom stereocenters. The summed E-state index contributed by atoms with van der Waals surface area (Å²) in [6.45, 7) is 4.94. The number of nitrogens with zero attached hydrogens (tertiary/aromatic N) is 2. The number of rotatable bonds is 9. The van der Waals surface area contributed by atoms with Crippen molar-refractivity contribution in [1.82, 2.24) is 10.2 Å². The molecule has 1 heterocycles. The molecule has 2 aromatic carbocycles. The lowest BCUT2D eigenvalue weighted by Crippen LogP contribution is -2.45. The summed E-state index contributed by atoms with van der Waals surface area (Å²) in [7, 11) is 0. The molecule has 7 nitrogen and oxygen atoms in total. The Morgan fingerprint density at radius 2 is 1.85 bits per heavy atom. The van der Waals surface area contributed by atoms with Crippen LogP contribution in [0.2, 0.25) is 0 Å². The number of amides is 2. The molecule has 0 bridgehead atoms. The second-order valence-electron chi connectivity index (χ2n) is 9.92. The van der Waals surface area contributed by atoms with Crippen LogP contribution >= 0.6 is 34.8 Å². The van der Waals surface area contributed by atoms with Gasteiger partial charge in [-0.15, -0.1) is 0 Å². The van der Waals surface area contributed by atoms with Gasteiger partial charge in [-0.3, -0.25) is 14.5 Å². The lowest BCUT2D eigenvalue weighted by atomic mass is 9.85. The van der Waals surface area contributed by atoms with Gasteiger partial charge in [0, 0.05) is 49.5 Å². The van der Waals surface area contributed by atoms with E-state index in [4.69, 9.17) is 44.3 Å². The largest absolute Gasteiger partial charge is 0.492 e. The zero-order chi connectivity index (χ0) is 27.8. The molecule has 1 saturated carbocycles. The Kier molecular flexibility index (Phi) is 10.7. The van der Waals surface area contributed by atoms with Crippen molar-refractivity contribution in [3.05, 3.63) is 59.9 Å². The number of carbonyl (C=O) groups is 2. The number of alkyl halides is 3. The smallest absolute Gasteiger partial charge is 0.272 e. The van der Waals surface area contributed by atoms with E-state index in [9.17, 15) is 14.0 Å². The van der Waals surface area contributed by atoms with Crippen LogP contribution in [0.1, 0.15) is 36.0 Å². The minimum absolute atomic E-state index is 0.0923. The predicted octanol–water partition coefficient (Wildman–Crippen LogP) is 5.23. The average Bonchev–Trinajstić information content (AvgIpc) is 2.92. The molecule has 2 aromatic rings. The maximum atomic E-state index is 13.7. The van der Waals surface area contributed by atoms with Crippen molar-refractivity contribution >= 4 is 52.3 Å². The first kappa shape index (κ1) is 29.9. The summed E-state index contributed by atoms with van der Waals surface area (Å²) >= 11 is 17.2. The second-order valence-corrected chi connectivity index (χ2v) is 12.2. The van der Waals surface area contributed by atoms with Gasteiger partial charge in [0.05, 0.1) is 13.2 Å². The summed E-state index contributed by atoms with van der Waals surface area (Å²) in [6, 6.07) is 12.8. The fourth-order valence-corrected chi connectivity index (χ4v) is 5.19. The van der Waals surface area contributed by atoms with E-state index < -0.39 is 15.5 Å². The van der Waals surface area contributed by atoms with Gasteiger partial charge >= 0.3 is 0 Å². The lowest BCUT2D eigenvalue weighted by Gasteiger charge is -2.34. The maximum Gasteiger partial charge on any atom is 0.272 e. The third-order valence-electron chi connectivity index (χ3n) is 7.06. The lowest BCUT2D eigenvalue weighted by molar-refractivity contribution is -0.121. The number of halogens is 4. The zero-order valence-corrected chi connectivity index (χ0v) is 23.9. The summed E-state index contributed by atoms with van der Waals surface area (Å²) in [6.07, 6.45) is 3.14. The van der Waals surface area contributed by atoms with E-state index >= 15 is 0 Å². The van der Waals surface area contributed by atoms with Gasteiger partial charge in [0.25, 0.3) is 15.6 Å². The fraction of sp³-hybridized carbons (Fsp3) is 0.500. The van der Waals surface area contributed by atoms with Gasteiger partial charge in [0.1, 0.15) is 18.2 Å². The Labute approximate surface area is 243 Å². The molecule has 11 heteroatoms. The summed E-state index contributed by atoms with van der Waals surface area (Å²) in [5, 5.41) is 2.82. The molecule has 0 radical (unpaired) electrons. The summed E-state index contributed by atoms with van der Waals surface area (Å²) in [4.78, 5) is 29.9. The number of hydrogen-bond acceptors (Lipinski definition) is 5. The number of hydrogen-bond donors (Lipinski definition) is 1. The van der Waals surface area contributed by atoms with Crippen molar-refractivity contribution in [1.29, 1.82) is 0 Å². The molecule has 1 N–H and O–H groups in total. The van der Waals surface area contributed by atoms with Crippen LogP contribution in [0, 0.1) is 11.7 Å². The van der Waals surface area contributed by atoms with E-state index in [1.807, 2.05) is 24.3 Å². The third kappa shape index (κ3) is 8.95. The number of carbonyl (C=O) groups excluding carboxylic acids is 2. The van der Waals surface area contributed by atoms with Crippen LogP contribution in [0.3, 0.4) is 0 Å². The van der Waals surface area contributed by atoms with Crippen LogP contribution in [0.25, 0.3) is 0 Å². The molecular weight excluding hydrogens is 568 g/mol. The van der Waals surface area contributed by atoms with Crippen molar-refractivity contribution in [2.24, 2.45) is 5.92 Å². The molecule has 2 amide bonds. The van der Waals surface area contributed by atoms with Gasteiger partial charge in [-0.25, -0.2) is 4.39 Å². The molecule has 39 heavy (non-hydrogen) atoms. The van der Waals surface area contributed by atoms with Gasteiger partial charge in [-0.1, -0.05) is 47.3 Å². The van der Waals surface area contributed by atoms with E-state index in [1.165, 1.54) is 24.3 Å². The Bertz CT molecular complexity index is 1110. The number of benzene rings is 2. The molecule has 0 aromatic heterocycles. The van der Waals surface area contributed by atoms with Crippen LogP contribution in [-0.4, -0.2) is 72.5 Å². The Hall–Kier alpha value is -2.10. The minimum Gasteiger partial charge on any atom is -0.492 e. The van der Waals surface area contributed by atoms with E-state index in [-0.39, 0.29) is 17.9 Å². The normalized spacial score (nSPS) is 20.3. The minimum atomic E-state index is -2.03. The molecule has 2 fully saturated rings. The number of nitrogens with one attached hydrogen (secondary N) is 1. The van der Waals surface area contributed by atoms with Gasteiger partial charge in [0.15, 0.2) is 0 Å². The molecule has 212 valence electrons. The highest BCUT2D eigenvalue weighted by molar-refractivity contribution is 6.76. The van der Waals surface area contributed by atoms with Crippen molar-refractivity contribution in [2.75, 3.05) is 50.9 Å². The van der Waals surface area contributed by atoms with Crippen molar-refractivity contribution in [3.63, 3.8) is 0 Å². The van der Waals surface area contributed by atoms with Gasteiger partial charge in [-0.2, -0.15) is 0 Å². The van der Waals surface area contributed by atoms with Crippen molar-refractivity contribution < 1.29 is 23.5 Å². The summed E-state index contributed by atoms with van der Waals surface area (Å²) in [5.41, 5.74) is 1.06. The molecular formula is C28H33Cl3FN3O4. The van der Waals surface area contributed by atoms with E-state index in [0.29, 0.717) is 36.6 Å². The first-order chi connectivity index (χ1) is 18.7. The van der Waals surface area contributed by atoms with Gasteiger partial charge < -0.3 is 19.7 Å².